The zero-order valence-corrected chi connectivity index (χ0v) is 14.1. The summed E-state index contributed by atoms with van der Waals surface area (Å²) in [6, 6.07) is 3.74. The molecule has 2 N–H and O–H groups in total. The average Bonchev–Trinajstić information content (AvgIpc) is 2.99. The molecule has 0 saturated carbocycles. The predicted octanol–water partition coefficient (Wildman–Crippen LogP) is 3.96. The minimum Gasteiger partial charge on any atom is -0.471 e. The van der Waals surface area contributed by atoms with E-state index in [0.29, 0.717) is 0 Å². The highest BCUT2D eigenvalue weighted by molar-refractivity contribution is 5.99. The van der Waals surface area contributed by atoms with Crippen LogP contribution < -0.4 is 10.1 Å². The van der Waals surface area contributed by atoms with Crippen molar-refractivity contribution >= 4 is 28.6 Å². The number of ether oxygens (including phenoxy) is 1. The Kier molecular flexibility index (Phi) is 5.12. The van der Waals surface area contributed by atoms with E-state index >= 15 is 0 Å². The standard InChI is InChI=1S/C16H12F5N5O2/c1-7(27)8-5-10-13(25-14(8)28-6-11(17)18)26-15(24-10)23-9-3-2-4-22-12(9)16(19,20)21/h2-5,11H,6H2,1H3,(H2,23,24,25,26). The lowest BCUT2D eigenvalue weighted by Gasteiger charge is -2.11. The molecule has 0 aliphatic carbocycles. The molecular weight excluding hydrogens is 389 g/mol. The topological polar surface area (TPSA) is 92.8 Å². The Bertz CT molecular complexity index is 1020. The van der Waals surface area contributed by atoms with Gasteiger partial charge in [0, 0.05) is 6.20 Å². The maximum Gasteiger partial charge on any atom is 0.435 e. The Morgan fingerprint density at radius 3 is 2.71 bits per heavy atom. The Hall–Kier alpha value is -3.31. The fourth-order valence-corrected chi connectivity index (χ4v) is 2.35. The molecule has 0 radical (unpaired) electrons. The second kappa shape index (κ2) is 7.37. The first-order chi connectivity index (χ1) is 13.1. The van der Waals surface area contributed by atoms with Crippen LogP contribution in [0.25, 0.3) is 11.2 Å². The van der Waals surface area contributed by atoms with Gasteiger partial charge in [0.2, 0.25) is 11.8 Å². The van der Waals surface area contributed by atoms with Crippen LogP contribution in [0.15, 0.2) is 24.4 Å². The van der Waals surface area contributed by atoms with Crippen molar-refractivity contribution in [3.63, 3.8) is 0 Å². The number of hydrogen-bond acceptors (Lipinski definition) is 6. The molecular formula is C16H12F5N5O2. The lowest BCUT2D eigenvalue weighted by molar-refractivity contribution is -0.140. The summed E-state index contributed by atoms with van der Waals surface area (Å²) in [5.41, 5.74) is -1.40. The van der Waals surface area contributed by atoms with Gasteiger partial charge in [0.05, 0.1) is 16.8 Å². The van der Waals surface area contributed by atoms with E-state index in [1.165, 1.54) is 19.1 Å². The Morgan fingerprint density at radius 2 is 2.07 bits per heavy atom. The number of Topliss-reactive ketones (excluding diaryl/α,β-unsaturated/α-hetero) is 1. The number of rotatable bonds is 6. The lowest BCUT2D eigenvalue weighted by atomic mass is 10.2. The van der Waals surface area contributed by atoms with Gasteiger partial charge >= 0.3 is 6.18 Å². The van der Waals surface area contributed by atoms with Crippen molar-refractivity contribution in [1.29, 1.82) is 0 Å². The number of aromatic amines is 1. The van der Waals surface area contributed by atoms with E-state index in [-0.39, 0.29) is 34.2 Å². The Balaban J connectivity index is 1.98. The van der Waals surface area contributed by atoms with E-state index in [9.17, 15) is 26.7 Å². The second-order valence-corrected chi connectivity index (χ2v) is 5.58. The van der Waals surface area contributed by atoms with Crippen LogP contribution in [0.4, 0.5) is 33.6 Å². The minimum atomic E-state index is -4.69. The van der Waals surface area contributed by atoms with Gasteiger partial charge in [-0.25, -0.2) is 13.8 Å². The summed E-state index contributed by atoms with van der Waals surface area (Å²) >= 11 is 0. The first-order valence-corrected chi connectivity index (χ1v) is 7.77. The molecule has 0 bridgehead atoms. The molecule has 7 nitrogen and oxygen atoms in total. The van der Waals surface area contributed by atoms with Crippen LogP contribution in [0.3, 0.4) is 0 Å². The molecule has 3 aromatic heterocycles. The summed E-state index contributed by atoms with van der Waals surface area (Å²) in [6.07, 6.45) is -6.47. The fourth-order valence-electron chi connectivity index (χ4n) is 2.35. The zero-order chi connectivity index (χ0) is 20.5. The number of alkyl halides is 5. The second-order valence-electron chi connectivity index (χ2n) is 5.58. The summed E-state index contributed by atoms with van der Waals surface area (Å²) in [5.74, 6) is -0.938. The average molecular weight is 401 g/mol. The monoisotopic (exact) mass is 401 g/mol. The van der Waals surface area contributed by atoms with Gasteiger partial charge in [-0.2, -0.15) is 23.1 Å². The number of H-pyrrole nitrogens is 1. The molecule has 0 amide bonds. The normalized spacial score (nSPS) is 11.8. The largest absolute Gasteiger partial charge is 0.471 e. The van der Waals surface area contributed by atoms with Gasteiger partial charge in [0.1, 0.15) is 0 Å². The van der Waals surface area contributed by atoms with Gasteiger partial charge < -0.3 is 15.0 Å². The number of fused-ring (bicyclic) bond motifs is 1. The summed E-state index contributed by atoms with van der Waals surface area (Å²) in [4.78, 5) is 25.6. The minimum absolute atomic E-state index is 0.0331. The highest BCUT2D eigenvalue weighted by atomic mass is 19.4. The molecule has 0 aliphatic rings. The van der Waals surface area contributed by atoms with Crippen molar-refractivity contribution in [2.75, 3.05) is 11.9 Å². The van der Waals surface area contributed by atoms with Crippen molar-refractivity contribution in [2.24, 2.45) is 0 Å². The number of carbonyl (C=O) groups excluding carboxylic acids is 1. The van der Waals surface area contributed by atoms with Crippen molar-refractivity contribution < 1.29 is 31.5 Å². The van der Waals surface area contributed by atoms with Crippen LogP contribution in [0.1, 0.15) is 23.0 Å². The highest BCUT2D eigenvalue weighted by Crippen LogP contribution is 2.34. The van der Waals surface area contributed by atoms with E-state index in [1.807, 2.05) is 0 Å². The molecule has 0 aliphatic heterocycles. The van der Waals surface area contributed by atoms with Crippen LogP contribution in [-0.4, -0.2) is 38.8 Å². The van der Waals surface area contributed by atoms with Crippen molar-refractivity contribution in [2.45, 2.75) is 19.5 Å². The SMILES string of the molecule is CC(=O)c1cc2[nH]c(Nc3cccnc3C(F)(F)F)nc2nc1OCC(F)F. The summed E-state index contributed by atoms with van der Waals surface area (Å²) in [6.45, 7) is 0.220. The summed E-state index contributed by atoms with van der Waals surface area (Å²) in [5, 5.41) is 2.45. The third kappa shape index (κ3) is 4.15. The van der Waals surface area contributed by atoms with Crippen molar-refractivity contribution in [1.82, 2.24) is 19.9 Å². The van der Waals surface area contributed by atoms with E-state index in [1.54, 1.807) is 0 Å². The molecule has 28 heavy (non-hydrogen) atoms. The fraction of sp³-hybridized carbons (Fsp3) is 0.250. The first-order valence-electron chi connectivity index (χ1n) is 7.77. The van der Waals surface area contributed by atoms with Crippen molar-refractivity contribution in [3.8, 4) is 5.88 Å². The summed E-state index contributed by atoms with van der Waals surface area (Å²) < 4.78 is 68.7. The van der Waals surface area contributed by atoms with Crippen LogP contribution in [-0.2, 0) is 6.18 Å². The third-order valence-electron chi connectivity index (χ3n) is 3.49. The van der Waals surface area contributed by atoms with E-state index in [4.69, 9.17) is 4.74 Å². The smallest absolute Gasteiger partial charge is 0.435 e. The Morgan fingerprint density at radius 1 is 1.32 bits per heavy atom. The predicted molar refractivity (Wildman–Crippen MR) is 87.9 cm³/mol. The molecule has 0 saturated heterocycles. The van der Waals surface area contributed by atoms with Crippen LogP contribution in [0.5, 0.6) is 5.88 Å². The molecule has 0 aromatic carbocycles. The van der Waals surface area contributed by atoms with Crippen LogP contribution in [0, 0.1) is 0 Å². The van der Waals surface area contributed by atoms with E-state index in [0.717, 1.165) is 12.3 Å². The van der Waals surface area contributed by atoms with E-state index in [2.05, 4.69) is 25.3 Å². The number of pyridine rings is 2. The molecule has 3 heterocycles. The molecule has 0 spiro atoms. The molecule has 0 fully saturated rings. The number of halogens is 5. The van der Waals surface area contributed by atoms with Gasteiger partial charge in [-0.05, 0) is 25.1 Å². The molecule has 148 valence electrons. The summed E-state index contributed by atoms with van der Waals surface area (Å²) in [7, 11) is 0. The van der Waals surface area contributed by atoms with Crippen LogP contribution in [0.2, 0.25) is 0 Å². The molecule has 3 aromatic rings. The van der Waals surface area contributed by atoms with Gasteiger partial charge in [0.15, 0.2) is 23.7 Å². The van der Waals surface area contributed by atoms with Gasteiger partial charge in [-0.1, -0.05) is 0 Å². The lowest BCUT2D eigenvalue weighted by Crippen LogP contribution is -2.11. The highest BCUT2D eigenvalue weighted by Gasteiger charge is 2.35. The van der Waals surface area contributed by atoms with Crippen molar-refractivity contribution in [3.05, 3.63) is 35.7 Å². The number of hydrogen-bond donors (Lipinski definition) is 2. The maximum absolute atomic E-state index is 13.0. The van der Waals surface area contributed by atoms with Gasteiger partial charge in [0.25, 0.3) is 6.43 Å². The number of nitrogens with zero attached hydrogens (tertiary/aromatic N) is 3. The molecule has 0 unspecified atom stereocenters. The number of carbonyl (C=O) groups is 1. The molecule has 3 rings (SSSR count). The number of aromatic nitrogens is 4. The molecule has 0 atom stereocenters. The van der Waals surface area contributed by atoms with Gasteiger partial charge in [-0.3, -0.25) is 4.79 Å². The molecule has 12 heteroatoms. The number of anilines is 2. The zero-order valence-electron chi connectivity index (χ0n) is 14.1. The maximum atomic E-state index is 13.0. The number of imidazole rings is 1. The number of nitrogens with one attached hydrogen (secondary N) is 2. The van der Waals surface area contributed by atoms with Crippen LogP contribution >= 0.6 is 0 Å². The van der Waals surface area contributed by atoms with E-state index < -0.39 is 30.7 Å². The number of ketones is 1. The first kappa shape index (κ1) is 19.5. The van der Waals surface area contributed by atoms with Gasteiger partial charge in [-0.15, -0.1) is 0 Å². The quantitative estimate of drug-likeness (QED) is 0.480. The Labute approximate surface area is 154 Å². The third-order valence-corrected chi connectivity index (χ3v) is 3.49.